The molecule has 38 heavy (non-hydrogen) atoms. The predicted octanol–water partition coefficient (Wildman–Crippen LogP) is 5.51. The summed E-state index contributed by atoms with van der Waals surface area (Å²) in [6.07, 6.45) is 0.750. The van der Waals surface area contributed by atoms with E-state index in [2.05, 4.69) is 34.5 Å². The molecule has 0 unspecified atom stereocenters. The molecule has 3 aromatic rings. The molecule has 0 atom stereocenters. The molecule has 1 heterocycles. The first-order valence-corrected chi connectivity index (χ1v) is 13.3. The van der Waals surface area contributed by atoms with Crippen molar-refractivity contribution in [3.8, 4) is 0 Å². The number of hydrogen-bond acceptors (Lipinski definition) is 5. The predicted molar refractivity (Wildman–Crippen MR) is 150 cm³/mol. The average Bonchev–Trinajstić information content (AvgIpc) is 2.97. The largest absolute Gasteiger partial charge is 0.465 e. The Morgan fingerprint density at radius 3 is 2.21 bits per heavy atom. The number of nitrogens with zero attached hydrogens (tertiary/aromatic N) is 2. The molecule has 7 nitrogen and oxygen atoms in total. The SMILES string of the molecule is COC(=O)c1ccc(Cl)c(NC(=O)N(CCC(c2ccccc2)c2ccccc2)CCN2CCOCC2)c1. The summed E-state index contributed by atoms with van der Waals surface area (Å²) in [6, 6.07) is 25.2. The van der Waals surface area contributed by atoms with Gasteiger partial charge in [0.1, 0.15) is 0 Å². The first kappa shape index (κ1) is 27.6. The minimum atomic E-state index is -0.491. The molecule has 0 aliphatic carbocycles. The van der Waals surface area contributed by atoms with Gasteiger partial charge in [-0.15, -0.1) is 0 Å². The van der Waals surface area contributed by atoms with Crippen molar-refractivity contribution in [3.05, 3.63) is 101 Å². The van der Waals surface area contributed by atoms with Gasteiger partial charge in [0.2, 0.25) is 0 Å². The zero-order valence-corrected chi connectivity index (χ0v) is 22.4. The Morgan fingerprint density at radius 1 is 0.974 bits per heavy atom. The van der Waals surface area contributed by atoms with Gasteiger partial charge in [0.25, 0.3) is 0 Å². The summed E-state index contributed by atoms with van der Waals surface area (Å²) < 4.78 is 10.3. The number of carbonyl (C=O) groups is 2. The number of nitrogens with one attached hydrogen (secondary N) is 1. The lowest BCUT2D eigenvalue weighted by Crippen LogP contribution is -2.44. The zero-order chi connectivity index (χ0) is 26.7. The van der Waals surface area contributed by atoms with Gasteiger partial charge in [-0.3, -0.25) is 4.90 Å². The number of benzene rings is 3. The third-order valence-electron chi connectivity index (χ3n) is 6.80. The van der Waals surface area contributed by atoms with E-state index in [4.69, 9.17) is 21.1 Å². The van der Waals surface area contributed by atoms with Crippen molar-refractivity contribution >= 4 is 29.3 Å². The van der Waals surface area contributed by atoms with E-state index in [-0.39, 0.29) is 11.9 Å². The highest BCUT2D eigenvalue weighted by Crippen LogP contribution is 2.29. The van der Waals surface area contributed by atoms with E-state index in [9.17, 15) is 9.59 Å². The van der Waals surface area contributed by atoms with Gasteiger partial charge in [-0.25, -0.2) is 9.59 Å². The Balaban J connectivity index is 1.53. The van der Waals surface area contributed by atoms with Crippen LogP contribution in [0.15, 0.2) is 78.9 Å². The third kappa shape index (κ3) is 7.57. The summed E-state index contributed by atoms with van der Waals surface area (Å²) in [7, 11) is 1.32. The Bertz CT molecular complexity index is 1150. The molecule has 0 saturated carbocycles. The van der Waals surface area contributed by atoms with Gasteiger partial charge in [-0.1, -0.05) is 72.3 Å². The number of methoxy groups -OCH3 is 1. The molecular weight excluding hydrogens is 502 g/mol. The molecule has 1 fully saturated rings. The van der Waals surface area contributed by atoms with Crippen LogP contribution in [0.1, 0.15) is 33.8 Å². The van der Waals surface area contributed by atoms with E-state index in [0.717, 1.165) is 26.1 Å². The van der Waals surface area contributed by atoms with Crippen molar-refractivity contribution < 1.29 is 19.1 Å². The second kappa shape index (κ2) is 14.0. The van der Waals surface area contributed by atoms with E-state index in [1.165, 1.54) is 18.2 Å². The van der Waals surface area contributed by atoms with Crippen LogP contribution in [-0.4, -0.2) is 74.8 Å². The van der Waals surface area contributed by atoms with Crippen molar-refractivity contribution in [1.29, 1.82) is 0 Å². The van der Waals surface area contributed by atoms with Crippen molar-refractivity contribution in [2.24, 2.45) is 0 Å². The topological polar surface area (TPSA) is 71.1 Å². The lowest BCUT2D eigenvalue weighted by atomic mass is 9.88. The van der Waals surface area contributed by atoms with Crippen LogP contribution in [0, 0.1) is 0 Å². The monoisotopic (exact) mass is 535 g/mol. The number of rotatable bonds is 10. The van der Waals surface area contributed by atoms with E-state index in [1.54, 1.807) is 18.2 Å². The highest BCUT2D eigenvalue weighted by molar-refractivity contribution is 6.33. The fourth-order valence-electron chi connectivity index (χ4n) is 4.64. The molecule has 4 rings (SSSR count). The van der Waals surface area contributed by atoms with Crippen molar-refractivity contribution in [2.75, 3.05) is 58.4 Å². The van der Waals surface area contributed by atoms with Crippen LogP contribution >= 0.6 is 11.6 Å². The minimum Gasteiger partial charge on any atom is -0.465 e. The van der Waals surface area contributed by atoms with Gasteiger partial charge >= 0.3 is 12.0 Å². The lowest BCUT2D eigenvalue weighted by molar-refractivity contribution is 0.0351. The minimum absolute atomic E-state index is 0.141. The smallest absolute Gasteiger partial charge is 0.337 e. The number of halogens is 1. The maximum absolute atomic E-state index is 13.6. The van der Waals surface area contributed by atoms with Gasteiger partial charge in [-0.2, -0.15) is 0 Å². The van der Waals surface area contributed by atoms with Crippen LogP contribution in [0.4, 0.5) is 10.5 Å². The Morgan fingerprint density at radius 2 is 1.61 bits per heavy atom. The molecule has 1 aliphatic rings. The highest BCUT2D eigenvalue weighted by atomic mass is 35.5. The summed E-state index contributed by atoms with van der Waals surface area (Å²) in [5, 5.41) is 3.28. The van der Waals surface area contributed by atoms with Gasteiger partial charge in [0.15, 0.2) is 0 Å². The Kier molecular flexibility index (Phi) is 10.1. The second-order valence-corrected chi connectivity index (χ2v) is 9.63. The summed E-state index contributed by atoms with van der Waals surface area (Å²) in [5.74, 6) is -0.350. The highest BCUT2D eigenvalue weighted by Gasteiger charge is 2.22. The Labute approximate surface area is 229 Å². The molecular formula is C30H34ClN3O4. The first-order valence-electron chi connectivity index (χ1n) is 12.9. The quantitative estimate of drug-likeness (QED) is 0.346. The summed E-state index contributed by atoms with van der Waals surface area (Å²) in [5.41, 5.74) is 3.11. The molecule has 1 aliphatic heterocycles. The summed E-state index contributed by atoms with van der Waals surface area (Å²) in [6.45, 7) is 4.93. The fraction of sp³-hybridized carbons (Fsp3) is 0.333. The molecule has 3 aromatic carbocycles. The Hall–Kier alpha value is -3.39. The molecule has 2 amide bonds. The van der Waals surface area contributed by atoms with Crippen LogP contribution in [0.5, 0.6) is 0 Å². The number of hydrogen-bond donors (Lipinski definition) is 1. The molecule has 0 radical (unpaired) electrons. The van der Waals surface area contributed by atoms with E-state index in [0.29, 0.717) is 42.6 Å². The number of amides is 2. The number of esters is 1. The van der Waals surface area contributed by atoms with Gasteiger partial charge in [-0.05, 0) is 35.7 Å². The average molecular weight is 536 g/mol. The van der Waals surface area contributed by atoms with Crippen LogP contribution < -0.4 is 5.32 Å². The lowest BCUT2D eigenvalue weighted by Gasteiger charge is -2.31. The number of morpholine rings is 1. The van der Waals surface area contributed by atoms with Crippen molar-refractivity contribution in [2.45, 2.75) is 12.3 Å². The van der Waals surface area contributed by atoms with Gasteiger partial charge in [0, 0.05) is 38.6 Å². The van der Waals surface area contributed by atoms with Crippen LogP contribution in [0.2, 0.25) is 5.02 Å². The summed E-state index contributed by atoms with van der Waals surface area (Å²) in [4.78, 5) is 29.7. The molecule has 8 heteroatoms. The van der Waals surface area contributed by atoms with Gasteiger partial charge < -0.3 is 19.7 Å². The van der Waals surface area contributed by atoms with Crippen LogP contribution in [0.25, 0.3) is 0 Å². The third-order valence-corrected chi connectivity index (χ3v) is 7.13. The second-order valence-electron chi connectivity index (χ2n) is 9.22. The maximum Gasteiger partial charge on any atom is 0.337 e. The normalized spacial score (nSPS) is 13.8. The first-order chi connectivity index (χ1) is 18.5. The number of urea groups is 1. The number of ether oxygens (including phenoxy) is 2. The molecule has 1 N–H and O–H groups in total. The van der Waals surface area contributed by atoms with E-state index in [1.807, 2.05) is 41.3 Å². The molecule has 1 saturated heterocycles. The van der Waals surface area contributed by atoms with Crippen molar-refractivity contribution in [1.82, 2.24) is 9.80 Å². The number of carbonyl (C=O) groups excluding carboxylic acids is 2. The molecule has 0 bridgehead atoms. The summed E-state index contributed by atoms with van der Waals surface area (Å²) >= 11 is 6.37. The van der Waals surface area contributed by atoms with E-state index >= 15 is 0 Å². The molecule has 200 valence electrons. The zero-order valence-electron chi connectivity index (χ0n) is 21.6. The van der Waals surface area contributed by atoms with Crippen molar-refractivity contribution in [3.63, 3.8) is 0 Å². The molecule has 0 spiro atoms. The molecule has 0 aromatic heterocycles. The maximum atomic E-state index is 13.6. The van der Waals surface area contributed by atoms with E-state index < -0.39 is 5.97 Å². The number of anilines is 1. The van der Waals surface area contributed by atoms with Crippen LogP contribution in [0.3, 0.4) is 0 Å². The van der Waals surface area contributed by atoms with Gasteiger partial charge in [0.05, 0.1) is 36.6 Å². The fourth-order valence-corrected chi connectivity index (χ4v) is 4.81. The standard InChI is InChI=1S/C30H34ClN3O4/c1-37-29(35)25-12-13-27(31)28(22-25)32-30(36)34(17-16-33-18-20-38-21-19-33)15-14-26(23-8-4-2-5-9-23)24-10-6-3-7-11-24/h2-13,22,26H,14-21H2,1H3,(H,32,36). The van der Waals surface area contributed by atoms with Crippen LogP contribution in [-0.2, 0) is 9.47 Å².